The Bertz CT molecular complexity index is 729. The van der Waals surface area contributed by atoms with Crippen LogP contribution in [0, 0.1) is 0 Å². The van der Waals surface area contributed by atoms with Crippen LogP contribution in [0.15, 0.2) is 10.9 Å². The molecule has 2 unspecified atom stereocenters. The fourth-order valence-electron chi connectivity index (χ4n) is 2.57. The molecule has 0 aromatic carbocycles. The molecule has 0 saturated heterocycles. The van der Waals surface area contributed by atoms with Gasteiger partial charge in [-0.2, -0.15) is 16.3 Å². The Morgan fingerprint density at radius 3 is 3.05 bits per heavy atom. The number of aryl methyl sites for hydroxylation is 1. The van der Waals surface area contributed by atoms with Crippen LogP contribution < -0.4 is 10.9 Å². The van der Waals surface area contributed by atoms with Crippen molar-refractivity contribution in [1.29, 1.82) is 0 Å². The zero-order valence-corrected chi connectivity index (χ0v) is 14.3. The highest BCUT2D eigenvalue weighted by Crippen LogP contribution is 2.41. The first-order valence-corrected chi connectivity index (χ1v) is 9.40. The standard InChI is InChI=1S/C14H20N4O2S2/c1-3-9-7-11(19)18-13(16-9)22-12(17-18)15-8-14(20)6-5-10(14)21-4-2/h7,10,20H,3-6,8H2,1-2H3,(H,15,17). The minimum atomic E-state index is -0.675. The van der Waals surface area contributed by atoms with Gasteiger partial charge in [-0.25, -0.2) is 4.98 Å². The van der Waals surface area contributed by atoms with E-state index in [9.17, 15) is 9.90 Å². The van der Waals surface area contributed by atoms with Crippen molar-refractivity contribution < 1.29 is 5.11 Å². The molecule has 2 aromatic rings. The second kappa shape index (κ2) is 6.17. The molecule has 8 heteroatoms. The Kier molecular flexibility index (Phi) is 4.42. The summed E-state index contributed by atoms with van der Waals surface area (Å²) in [6.45, 7) is 4.53. The Morgan fingerprint density at radius 1 is 1.59 bits per heavy atom. The van der Waals surface area contributed by atoms with Crippen molar-refractivity contribution >= 4 is 33.2 Å². The molecule has 2 N–H and O–H groups in total. The van der Waals surface area contributed by atoms with E-state index in [0.29, 0.717) is 16.6 Å². The lowest BCUT2D eigenvalue weighted by molar-refractivity contribution is -0.0120. The number of hydrogen-bond acceptors (Lipinski definition) is 7. The van der Waals surface area contributed by atoms with Crippen LogP contribution in [0.1, 0.15) is 32.4 Å². The smallest absolute Gasteiger partial charge is 0.275 e. The van der Waals surface area contributed by atoms with Gasteiger partial charge in [0.1, 0.15) is 0 Å². The molecule has 0 amide bonds. The normalized spacial score (nSPS) is 24.4. The molecule has 1 aliphatic rings. The minimum absolute atomic E-state index is 0.159. The minimum Gasteiger partial charge on any atom is -0.387 e. The third-order valence-electron chi connectivity index (χ3n) is 4.01. The van der Waals surface area contributed by atoms with E-state index in [0.717, 1.165) is 30.7 Å². The number of rotatable bonds is 6. The zero-order chi connectivity index (χ0) is 15.7. The van der Waals surface area contributed by atoms with Crippen molar-refractivity contribution in [2.75, 3.05) is 17.6 Å². The van der Waals surface area contributed by atoms with Gasteiger partial charge in [0.2, 0.25) is 10.1 Å². The van der Waals surface area contributed by atoms with E-state index in [1.54, 1.807) is 11.8 Å². The van der Waals surface area contributed by atoms with Gasteiger partial charge in [-0.1, -0.05) is 25.2 Å². The summed E-state index contributed by atoms with van der Waals surface area (Å²) in [6, 6.07) is 1.52. The first kappa shape index (κ1) is 15.8. The molecule has 2 atom stereocenters. The third-order valence-corrected chi connectivity index (χ3v) is 6.29. The van der Waals surface area contributed by atoms with Crippen LogP contribution in [-0.4, -0.2) is 42.9 Å². The lowest BCUT2D eigenvalue weighted by Crippen LogP contribution is -2.54. The van der Waals surface area contributed by atoms with Gasteiger partial charge in [-0.15, -0.1) is 5.10 Å². The summed E-state index contributed by atoms with van der Waals surface area (Å²) in [4.78, 5) is 17.0. The van der Waals surface area contributed by atoms with E-state index in [1.807, 2.05) is 6.92 Å². The lowest BCUT2D eigenvalue weighted by Gasteiger charge is -2.44. The van der Waals surface area contributed by atoms with E-state index >= 15 is 0 Å². The predicted molar refractivity (Wildman–Crippen MR) is 91.1 cm³/mol. The van der Waals surface area contributed by atoms with E-state index in [2.05, 4.69) is 22.3 Å². The largest absolute Gasteiger partial charge is 0.387 e. The number of fused-ring (bicyclic) bond motifs is 1. The van der Waals surface area contributed by atoms with Crippen molar-refractivity contribution in [3.05, 3.63) is 22.1 Å². The summed E-state index contributed by atoms with van der Waals surface area (Å²) in [5.41, 5.74) is -0.0592. The Balaban J connectivity index is 1.75. The van der Waals surface area contributed by atoms with E-state index in [1.165, 1.54) is 21.9 Å². The maximum Gasteiger partial charge on any atom is 0.275 e. The summed E-state index contributed by atoms with van der Waals surface area (Å²) in [6.07, 6.45) is 2.58. The summed E-state index contributed by atoms with van der Waals surface area (Å²) in [5, 5.41) is 18.9. The summed E-state index contributed by atoms with van der Waals surface area (Å²) >= 11 is 3.14. The monoisotopic (exact) mass is 340 g/mol. The van der Waals surface area contributed by atoms with Crippen LogP contribution in [0.25, 0.3) is 4.96 Å². The van der Waals surface area contributed by atoms with Crippen molar-refractivity contribution in [2.24, 2.45) is 0 Å². The quantitative estimate of drug-likeness (QED) is 0.834. The third kappa shape index (κ3) is 2.87. The average Bonchev–Trinajstić information content (AvgIpc) is 2.92. The summed E-state index contributed by atoms with van der Waals surface area (Å²) < 4.78 is 1.31. The lowest BCUT2D eigenvalue weighted by atomic mass is 9.79. The fourth-order valence-corrected chi connectivity index (χ4v) is 4.59. The average molecular weight is 340 g/mol. The molecule has 120 valence electrons. The molecule has 22 heavy (non-hydrogen) atoms. The number of thioether (sulfide) groups is 1. The highest BCUT2D eigenvalue weighted by molar-refractivity contribution is 8.00. The van der Waals surface area contributed by atoms with Gasteiger partial charge in [0.05, 0.1) is 5.60 Å². The second-order valence-corrected chi connectivity index (χ2v) is 7.92. The number of hydrogen-bond donors (Lipinski definition) is 2. The summed E-state index contributed by atoms with van der Waals surface area (Å²) in [7, 11) is 0. The molecule has 6 nitrogen and oxygen atoms in total. The van der Waals surface area contributed by atoms with E-state index in [4.69, 9.17) is 0 Å². The number of aromatic nitrogens is 3. The van der Waals surface area contributed by atoms with Crippen molar-refractivity contribution in [2.45, 2.75) is 44.0 Å². The molecule has 1 saturated carbocycles. The van der Waals surface area contributed by atoms with Crippen molar-refractivity contribution in [3.63, 3.8) is 0 Å². The predicted octanol–water partition coefficient (Wildman–Crippen LogP) is 1.77. The maximum atomic E-state index is 12.0. The van der Waals surface area contributed by atoms with Gasteiger partial charge in [-0.05, 0) is 25.0 Å². The fraction of sp³-hybridized carbons (Fsp3) is 0.643. The molecule has 2 heterocycles. The van der Waals surface area contributed by atoms with Gasteiger partial charge in [-0.3, -0.25) is 4.79 Å². The Morgan fingerprint density at radius 2 is 2.41 bits per heavy atom. The molecule has 0 aliphatic heterocycles. The second-order valence-electron chi connectivity index (χ2n) is 5.48. The van der Waals surface area contributed by atoms with Crippen LogP contribution in [0.2, 0.25) is 0 Å². The van der Waals surface area contributed by atoms with Crippen LogP contribution in [0.5, 0.6) is 0 Å². The molecule has 3 rings (SSSR count). The molecule has 0 radical (unpaired) electrons. The van der Waals surface area contributed by atoms with Gasteiger partial charge in [0.25, 0.3) is 5.56 Å². The topological polar surface area (TPSA) is 79.5 Å². The van der Waals surface area contributed by atoms with E-state index < -0.39 is 5.60 Å². The van der Waals surface area contributed by atoms with Gasteiger partial charge >= 0.3 is 0 Å². The van der Waals surface area contributed by atoms with Crippen molar-refractivity contribution in [1.82, 2.24) is 14.6 Å². The number of nitrogens with zero attached hydrogens (tertiary/aromatic N) is 3. The Labute approximate surface area is 137 Å². The molecule has 0 bridgehead atoms. The first-order valence-electron chi connectivity index (χ1n) is 7.53. The Hall–Kier alpha value is -1.12. The van der Waals surface area contributed by atoms with Crippen LogP contribution in [-0.2, 0) is 6.42 Å². The first-order chi connectivity index (χ1) is 10.6. The molecule has 2 aromatic heterocycles. The van der Waals surface area contributed by atoms with E-state index in [-0.39, 0.29) is 10.8 Å². The highest BCUT2D eigenvalue weighted by Gasteiger charge is 2.45. The van der Waals surface area contributed by atoms with Crippen LogP contribution >= 0.6 is 23.1 Å². The molecule has 1 aliphatic carbocycles. The van der Waals surface area contributed by atoms with Gasteiger partial charge < -0.3 is 10.4 Å². The molecular formula is C14H20N4O2S2. The molecule has 1 fully saturated rings. The van der Waals surface area contributed by atoms with Crippen LogP contribution in [0.3, 0.4) is 0 Å². The number of nitrogens with one attached hydrogen (secondary N) is 1. The van der Waals surface area contributed by atoms with Crippen LogP contribution in [0.4, 0.5) is 5.13 Å². The SMILES string of the molecule is CCSC1CCC1(O)CNc1nn2c(=O)cc(CC)nc2s1. The number of anilines is 1. The van der Waals surface area contributed by atoms with Crippen molar-refractivity contribution in [3.8, 4) is 0 Å². The summed E-state index contributed by atoms with van der Waals surface area (Å²) in [5.74, 6) is 1.01. The highest BCUT2D eigenvalue weighted by atomic mass is 32.2. The number of aliphatic hydroxyl groups is 1. The molecule has 0 spiro atoms. The maximum absolute atomic E-state index is 12.0. The molecular weight excluding hydrogens is 320 g/mol. The van der Waals surface area contributed by atoms with Gasteiger partial charge in [0.15, 0.2) is 0 Å². The zero-order valence-electron chi connectivity index (χ0n) is 12.7. The van der Waals surface area contributed by atoms with Gasteiger partial charge in [0, 0.05) is 23.6 Å².